The van der Waals surface area contributed by atoms with Crippen LogP contribution in [-0.2, 0) is 22.6 Å². The highest BCUT2D eigenvalue weighted by molar-refractivity contribution is 7.99. The van der Waals surface area contributed by atoms with Gasteiger partial charge < -0.3 is 24.3 Å². The van der Waals surface area contributed by atoms with Crippen LogP contribution in [0.5, 0.6) is 0 Å². The first kappa shape index (κ1) is 37.0. The third-order valence-electron chi connectivity index (χ3n) is 8.84. The summed E-state index contributed by atoms with van der Waals surface area (Å²) in [6.45, 7) is -0.368. The average molecular weight is 759 g/mol. The molecule has 5 aromatic carbocycles. The van der Waals surface area contributed by atoms with Crippen molar-refractivity contribution in [2.75, 3.05) is 5.75 Å². The summed E-state index contributed by atoms with van der Waals surface area (Å²) in [5.74, 6) is -11.5. The fourth-order valence-corrected chi connectivity index (χ4v) is 6.83. The number of benzene rings is 5. The monoisotopic (exact) mass is 758 g/mol. The van der Waals surface area contributed by atoms with Gasteiger partial charge in [-0.3, -0.25) is 4.79 Å². The zero-order chi connectivity index (χ0) is 37.8. The number of nitrogens with zero attached hydrogens (tertiary/aromatic N) is 1. The van der Waals surface area contributed by atoms with Crippen molar-refractivity contribution >= 4 is 17.7 Å². The van der Waals surface area contributed by atoms with Crippen LogP contribution in [0.1, 0.15) is 51.4 Å². The highest BCUT2D eigenvalue weighted by atomic mass is 32.2. The maximum absolute atomic E-state index is 14.1. The molecule has 2 N–H and O–H groups in total. The van der Waals surface area contributed by atoms with Crippen LogP contribution >= 0.6 is 11.8 Å². The highest BCUT2D eigenvalue weighted by Crippen LogP contribution is 2.41. The molecule has 0 unspecified atom stereocenters. The number of nitrogens with one attached hydrogen (secondary N) is 1. The van der Waals surface area contributed by atoms with E-state index in [-0.39, 0.29) is 25.4 Å². The van der Waals surface area contributed by atoms with Crippen LogP contribution in [0.3, 0.4) is 0 Å². The Kier molecular flexibility index (Phi) is 11.2. The van der Waals surface area contributed by atoms with E-state index in [9.17, 15) is 31.9 Å². The smallest absolute Gasteiger partial charge is 0.257 e. The molecule has 13 heteroatoms. The molecule has 7 rings (SSSR count). The van der Waals surface area contributed by atoms with Crippen LogP contribution in [0, 0.1) is 29.1 Å². The molecule has 276 valence electrons. The molecule has 1 aromatic heterocycles. The normalized spacial score (nSPS) is 17.0. The van der Waals surface area contributed by atoms with Crippen LogP contribution in [-0.4, -0.2) is 27.9 Å². The lowest BCUT2D eigenvalue weighted by atomic mass is 10.0. The van der Waals surface area contributed by atoms with Crippen molar-refractivity contribution in [3.05, 3.63) is 166 Å². The van der Waals surface area contributed by atoms with Gasteiger partial charge in [0, 0.05) is 35.4 Å². The molecule has 0 aliphatic carbocycles. The summed E-state index contributed by atoms with van der Waals surface area (Å²) in [6, 6.07) is 33.6. The van der Waals surface area contributed by atoms with E-state index in [0.717, 1.165) is 27.9 Å². The molecule has 1 aliphatic heterocycles. The van der Waals surface area contributed by atoms with E-state index in [2.05, 4.69) is 5.32 Å². The van der Waals surface area contributed by atoms with Crippen molar-refractivity contribution in [1.82, 2.24) is 10.3 Å². The van der Waals surface area contributed by atoms with Gasteiger partial charge in [0.1, 0.15) is 11.3 Å². The molecule has 0 bridgehead atoms. The van der Waals surface area contributed by atoms with Gasteiger partial charge in [-0.25, -0.2) is 26.9 Å². The molecule has 7 nitrogen and oxygen atoms in total. The molecule has 1 saturated heterocycles. The molecule has 3 atom stereocenters. The number of rotatable bonds is 11. The Balaban J connectivity index is 1.08. The number of halogens is 5. The maximum Gasteiger partial charge on any atom is 0.257 e. The van der Waals surface area contributed by atoms with Crippen molar-refractivity contribution in [2.45, 2.75) is 43.3 Å². The zero-order valence-corrected chi connectivity index (χ0v) is 29.1. The minimum Gasteiger partial charge on any atom is -0.431 e. The van der Waals surface area contributed by atoms with Crippen molar-refractivity contribution in [1.29, 1.82) is 0 Å². The zero-order valence-electron chi connectivity index (χ0n) is 28.3. The minimum atomic E-state index is -2.35. The number of carbonyl (C=O) groups is 1. The Morgan fingerprint density at radius 1 is 0.722 bits per heavy atom. The molecule has 0 spiro atoms. The Bertz CT molecular complexity index is 2150. The van der Waals surface area contributed by atoms with Gasteiger partial charge in [-0.2, -0.15) is 0 Å². The number of carbonyl (C=O) groups excluding carboxylic acids is 1. The molecule has 1 aliphatic rings. The Morgan fingerprint density at radius 2 is 1.30 bits per heavy atom. The molecule has 54 heavy (non-hydrogen) atoms. The van der Waals surface area contributed by atoms with Crippen molar-refractivity contribution in [2.24, 2.45) is 0 Å². The number of amides is 1. The standard InChI is InChI=1S/C41H31F5N2O5S/c42-32-31(33(43)35(45)36(46)34(32)44)39(50)47-20-23-11-17-28(18-12-23)40-51-29(19-30(52-40)25-15-13-24(21-49)14-16-25)22-54-41-48-37(26-7-3-1-4-8-26)38(53-41)27-9-5-2-6-10-27/h1-18,29-30,40,49H,19-22H2,(H,47,50)/t29-,30+,40+/m1/s1. The highest BCUT2D eigenvalue weighted by Gasteiger charge is 2.33. The van der Waals surface area contributed by atoms with Gasteiger partial charge in [0.15, 0.2) is 35.3 Å². The Labute approximate surface area is 310 Å². The number of aliphatic hydroxyl groups excluding tert-OH is 1. The largest absolute Gasteiger partial charge is 0.431 e. The molecular formula is C41H31F5N2O5S. The van der Waals surface area contributed by atoms with Gasteiger partial charge in [0.05, 0.1) is 18.8 Å². The number of hydrogen-bond donors (Lipinski definition) is 2. The lowest BCUT2D eigenvalue weighted by Crippen LogP contribution is -2.31. The van der Waals surface area contributed by atoms with E-state index in [1.807, 2.05) is 84.9 Å². The van der Waals surface area contributed by atoms with Crippen LogP contribution in [0.15, 0.2) is 119 Å². The predicted octanol–water partition coefficient (Wildman–Crippen LogP) is 9.46. The third-order valence-corrected chi connectivity index (χ3v) is 9.80. The number of ether oxygens (including phenoxy) is 2. The molecular weight excluding hydrogens is 728 g/mol. The van der Waals surface area contributed by atoms with E-state index in [4.69, 9.17) is 18.9 Å². The fourth-order valence-electron chi connectivity index (χ4n) is 5.99. The van der Waals surface area contributed by atoms with Crippen molar-refractivity contribution in [3.8, 4) is 22.6 Å². The van der Waals surface area contributed by atoms with Gasteiger partial charge in [0.25, 0.3) is 11.1 Å². The summed E-state index contributed by atoms with van der Waals surface area (Å²) in [6.07, 6.45) is -1.04. The number of aromatic nitrogens is 1. The van der Waals surface area contributed by atoms with Gasteiger partial charge in [-0.1, -0.05) is 121 Å². The van der Waals surface area contributed by atoms with E-state index >= 15 is 0 Å². The van der Waals surface area contributed by atoms with Gasteiger partial charge >= 0.3 is 0 Å². The first-order valence-corrected chi connectivity index (χ1v) is 17.8. The quantitative estimate of drug-likeness (QED) is 0.0589. The lowest BCUT2D eigenvalue weighted by molar-refractivity contribution is -0.245. The molecule has 1 amide bonds. The van der Waals surface area contributed by atoms with Crippen LogP contribution < -0.4 is 5.32 Å². The minimum absolute atomic E-state index is 0.1000. The van der Waals surface area contributed by atoms with Gasteiger partial charge in [-0.05, 0) is 16.7 Å². The van der Waals surface area contributed by atoms with Gasteiger partial charge in [-0.15, -0.1) is 0 Å². The third kappa shape index (κ3) is 7.94. The number of oxazole rings is 1. The molecule has 2 heterocycles. The average Bonchev–Trinajstić information content (AvgIpc) is 3.66. The second-order valence-electron chi connectivity index (χ2n) is 12.4. The second-order valence-corrected chi connectivity index (χ2v) is 13.4. The summed E-state index contributed by atoms with van der Waals surface area (Å²) in [4.78, 5) is 17.3. The number of hydrogen-bond acceptors (Lipinski definition) is 7. The van der Waals surface area contributed by atoms with Crippen LogP contribution in [0.25, 0.3) is 22.6 Å². The molecule has 1 fully saturated rings. The number of aliphatic hydroxyl groups is 1. The van der Waals surface area contributed by atoms with Gasteiger partial charge in [0.2, 0.25) is 5.82 Å². The van der Waals surface area contributed by atoms with E-state index in [0.29, 0.717) is 34.3 Å². The second kappa shape index (κ2) is 16.4. The summed E-state index contributed by atoms with van der Waals surface area (Å²) in [5, 5.41) is 12.2. The fraction of sp³-hybridized carbons (Fsp3) is 0.171. The maximum atomic E-state index is 14.1. The molecule has 0 radical (unpaired) electrons. The van der Waals surface area contributed by atoms with Crippen molar-refractivity contribution < 1.29 is 45.7 Å². The Hall–Kier alpha value is -5.34. The summed E-state index contributed by atoms with van der Waals surface area (Å²) >= 11 is 1.41. The summed E-state index contributed by atoms with van der Waals surface area (Å²) < 4.78 is 88.2. The van der Waals surface area contributed by atoms with E-state index < -0.39 is 46.8 Å². The van der Waals surface area contributed by atoms with Crippen LogP contribution in [0.2, 0.25) is 0 Å². The number of thioether (sulfide) groups is 1. The lowest BCUT2D eigenvalue weighted by Gasteiger charge is -2.36. The van der Waals surface area contributed by atoms with Crippen molar-refractivity contribution in [3.63, 3.8) is 0 Å². The first-order valence-electron chi connectivity index (χ1n) is 16.8. The van der Waals surface area contributed by atoms with Crippen LogP contribution in [0.4, 0.5) is 22.0 Å². The molecule has 6 aromatic rings. The van der Waals surface area contributed by atoms with E-state index in [1.165, 1.54) is 11.8 Å². The molecule has 0 saturated carbocycles. The summed E-state index contributed by atoms with van der Waals surface area (Å²) in [5.41, 5.74) is 3.72. The summed E-state index contributed by atoms with van der Waals surface area (Å²) in [7, 11) is 0. The van der Waals surface area contributed by atoms with E-state index in [1.54, 1.807) is 24.3 Å². The Morgan fingerprint density at radius 3 is 1.93 bits per heavy atom. The SMILES string of the molecule is O=C(NCc1ccc([C@H]2O[C@@H](CSc3nc(-c4ccccc4)c(-c4ccccc4)o3)C[C@@H](c3ccc(CO)cc3)O2)cc1)c1c(F)c(F)c(F)c(F)c1F. The topological polar surface area (TPSA) is 93.8 Å². The predicted molar refractivity (Wildman–Crippen MR) is 190 cm³/mol. The first-order chi connectivity index (χ1) is 26.2.